The third-order valence-electron chi connectivity index (χ3n) is 5.81. The van der Waals surface area contributed by atoms with E-state index >= 15 is 0 Å². The van der Waals surface area contributed by atoms with Gasteiger partial charge in [-0.15, -0.1) is 0 Å². The molecule has 3 N–H and O–H groups in total. The molecule has 0 unspecified atom stereocenters. The average molecular weight is 483 g/mol. The Labute approximate surface area is 195 Å². The zero-order valence-corrected chi connectivity index (χ0v) is 19.7. The van der Waals surface area contributed by atoms with Crippen molar-refractivity contribution in [3.05, 3.63) is 23.7 Å². The summed E-state index contributed by atoms with van der Waals surface area (Å²) in [6, 6.07) is 0.213. The standard InChI is InChI=1S/C21H29F3N8O2/c1-11-16-17(31(5)14(18(33)28-16)10-34-20(2,3)4)29-19(26-11)27-12-8-13(9-12)30-32-15(6-7-25-32)21(22,23)24/h6-7,12-14,30H,8-10H2,1-5H3,(H,28,33)(H,26,27,29)/t12-,13+,14-/m0/s1. The van der Waals surface area contributed by atoms with E-state index in [0.717, 1.165) is 17.1 Å². The molecule has 1 aliphatic heterocycles. The van der Waals surface area contributed by atoms with Crippen LogP contribution in [0.15, 0.2) is 12.3 Å². The van der Waals surface area contributed by atoms with Gasteiger partial charge in [0.2, 0.25) is 11.9 Å². The van der Waals surface area contributed by atoms with Crippen molar-refractivity contribution in [1.29, 1.82) is 0 Å². The van der Waals surface area contributed by atoms with Gasteiger partial charge in [0, 0.05) is 19.1 Å². The molecule has 10 nitrogen and oxygen atoms in total. The molecule has 0 aromatic carbocycles. The summed E-state index contributed by atoms with van der Waals surface area (Å²) in [4.78, 5) is 24.2. The number of aromatic nitrogens is 4. The Morgan fingerprint density at radius 2 is 1.91 bits per heavy atom. The number of halogens is 3. The van der Waals surface area contributed by atoms with Crippen molar-refractivity contribution < 1.29 is 22.7 Å². The molecule has 2 aromatic heterocycles. The quantitative estimate of drug-likeness (QED) is 0.577. The van der Waals surface area contributed by atoms with Gasteiger partial charge in [-0.1, -0.05) is 0 Å². The number of hydrogen-bond donors (Lipinski definition) is 3. The van der Waals surface area contributed by atoms with Crippen LogP contribution < -0.4 is 21.0 Å². The van der Waals surface area contributed by atoms with Crippen LogP contribution in [0.25, 0.3) is 0 Å². The van der Waals surface area contributed by atoms with Crippen molar-refractivity contribution >= 4 is 23.4 Å². The number of rotatable bonds is 6. The predicted molar refractivity (Wildman–Crippen MR) is 120 cm³/mol. The summed E-state index contributed by atoms with van der Waals surface area (Å²) < 4.78 is 44.9. The molecule has 186 valence electrons. The van der Waals surface area contributed by atoms with Gasteiger partial charge in [0.25, 0.3) is 0 Å². The maximum atomic E-state index is 13.0. The first-order valence-corrected chi connectivity index (χ1v) is 11.0. The second-order valence-electron chi connectivity index (χ2n) is 9.64. The second kappa shape index (κ2) is 8.60. The fraction of sp³-hybridized carbons (Fsp3) is 0.619. The number of aryl methyl sites for hydroxylation is 1. The number of amides is 1. The highest BCUT2D eigenvalue weighted by Crippen LogP contribution is 2.34. The minimum absolute atomic E-state index is 0.0108. The van der Waals surface area contributed by atoms with Gasteiger partial charge >= 0.3 is 6.18 Å². The van der Waals surface area contributed by atoms with Gasteiger partial charge in [-0.05, 0) is 46.6 Å². The van der Waals surface area contributed by atoms with Gasteiger partial charge in [0.05, 0.1) is 24.1 Å². The van der Waals surface area contributed by atoms with E-state index < -0.39 is 17.9 Å². The first-order chi connectivity index (χ1) is 15.8. The number of ether oxygens (including phenoxy) is 1. The van der Waals surface area contributed by atoms with E-state index in [1.165, 1.54) is 0 Å². The Hall–Kier alpha value is -3.09. The number of carbonyl (C=O) groups is 1. The zero-order valence-electron chi connectivity index (χ0n) is 19.7. The smallest absolute Gasteiger partial charge is 0.373 e. The van der Waals surface area contributed by atoms with Crippen LogP contribution in [-0.2, 0) is 15.7 Å². The van der Waals surface area contributed by atoms with Gasteiger partial charge in [0.15, 0.2) is 11.5 Å². The van der Waals surface area contributed by atoms with Crippen molar-refractivity contribution in [1.82, 2.24) is 19.9 Å². The molecule has 2 aromatic rings. The molecule has 1 amide bonds. The minimum atomic E-state index is -4.48. The van der Waals surface area contributed by atoms with Crippen LogP contribution >= 0.6 is 0 Å². The average Bonchev–Trinajstić information content (AvgIpc) is 3.15. The third kappa shape index (κ3) is 5.03. The largest absolute Gasteiger partial charge is 0.435 e. The van der Waals surface area contributed by atoms with Gasteiger partial charge < -0.3 is 25.7 Å². The van der Waals surface area contributed by atoms with E-state index in [-0.39, 0.29) is 30.2 Å². The molecule has 34 heavy (non-hydrogen) atoms. The number of hydrogen-bond acceptors (Lipinski definition) is 8. The number of fused-ring (bicyclic) bond motifs is 1. The van der Waals surface area contributed by atoms with Crippen LogP contribution in [0.1, 0.15) is 45.0 Å². The summed E-state index contributed by atoms with van der Waals surface area (Å²) in [5.74, 6) is 0.794. The molecule has 0 radical (unpaired) electrons. The van der Waals surface area contributed by atoms with Crippen LogP contribution in [-0.4, -0.2) is 63.1 Å². The summed E-state index contributed by atoms with van der Waals surface area (Å²) in [5.41, 5.74) is 2.73. The molecule has 1 aliphatic carbocycles. The van der Waals surface area contributed by atoms with E-state index in [1.54, 1.807) is 18.9 Å². The fourth-order valence-corrected chi connectivity index (χ4v) is 3.89. The number of nitrogens with one attached hydrogen (secondary N) is 3. The Kier molecular flexibility index (Phi) is 6.08. The fourth-order valence-electron chi connectivity index (χ4n) is 3.89. The second-order valence-corrected chi connectivity index (χ2v) is 9.64. The van der Waals surface area contributed by atoms with Crippen molar-refractivity contribution in [2.24, 2.45) is 0 Å². The maximum absolute atomic E-state index is 13.0. The van der Waals surface area contributed by atoms with Gasteiger partial charge in [0.1, 0.15) is 11.7 Å². The lowest BCUT2D eigenvalue weighted by atomic mass is 9.87. The normalized spacial score (nSPS) is 22.6. The van der Waals surface area contributed by atoms with E-state index in [4.69, 9.17) is 4.74 Å². The van der Waals surface area contributed by atoms with Gasteiger partial charge in [-0.3, -0.25) is 4.79 Å². The van der Waals surface area contributed by atoms with E-state index in [9.17, 15) is 18.0 Å². The van der Waals surface area contributed by atoms with Crippen molar-refractivity contribution in [3.63, 3.8) is 0 Å². The number of carbonyl (C=O) groups excluding carboxylic acids is 1. The molecule has 1 fully saturated rings. The number of likely N-dealkylation sites (N-methyl/N-ethyl adjacent to an activating group) is 1. The summed E-state index contributed by atoms with van der Waals surface area (Å²) in [6.07, 6.45) is -2.21. The lowest BCUT2D eigenvalue weighted by molar-refractivity contribution is -0.143. The highest BCUT2D eigenvalue weighted by atomic mass is 19.4. The van der Waals surface area contributed by atoms with E-state index in [1.807, 2.05) is 20.8 Å². The van der Waals surface area contributed by atoms with Crippen LogP contribution in [0, 0.1) is 6.92 Å². The third-order valence-corrected chi connectivity index (χ3v) is 5.81. The monoisotopic (exact) mass is 482 g/mol. The SMILES string of the molecule is Cc1nc(N[C@H]2C[C@@H](Nn3nccc3C(F)(F)F)C2)nc2c1NC(=O)[C@H](COC(C)(C)C)N2C. The van der Waals surface area contributed by atoms with Crippen LogP contribution in [0.5, 0.6) is 0 Å². The Morgan fingerprint density at radius 3 is 2.56 bits per heavy atom. The lowest BCUT2D eigenvalue weighted by Crippen LogP contribution is -2.50. The Morgan fingerprint density at radius 1 is 1.21 bits per heavy atom. The summed E-state index contributed by atoms with van der Waals surface area (Å²) in [5, 5.41) is 9.83. The molecule has 0 bridgehead atoms. The Balaban J connectivity index is 1.40. The van der Waals surface area contributed by atoms with E-state index in [2.05, 4.69) is 31.1 Å². The van der Waals surface area contributed by atoms with Gasteiger partial charge in [-0.25, -0.2) is 4.98 Å². The van der Waals surface area contributed by atoms with Crippen molar-refractivity contribution in [3.8, 4) is 0 Å². The Bertz CT molecular complexity index is 1060. The highest BCUT2D eigenvalue weighted by molar-refractivity contribution is 6.03. The van der Waals surface area contributed by atoms with Gasteiger partial charge in [-0.2, -0.15) is 28.0 Å². The van der Waals surface area contributed by atoms with Crippen molar-refractivity contribution in [2.75, 3.05) is 34.6 Å². The number of anilines is 3. The zero-order chi connectivity index (χ0) is 24.8. The molecule has 4 rings (SSSR count). The predicted octanol–water partition coefficient (Wildman–Crippen LogP) is 2.76. The lowest BCUT2D eigenvalue weighted by Gasteiger charge is -2.38. The molecule has 2 aliphatic rings. The molecule has 1 saturated carbocycles. The van der Waals surface area contributed by atoms with Crippen molar-refractivity contribution in [2.45, 2.75) is 70.4 Å². The number of alkyl halides is 3. The summed E-state index contributed by atoms with van der Waals surface area (Å²) in [7, 11) is 1.79. The van der Waals surface area contributed by atoms with Crippen LogP contribution in [0.2, 0.25) is 0 Å². The summed E-state index contributed by atoms with van der Waals surface area (Å²) in [6.45, 7) is 7.76. The van der Waals surface area contributed by atoms with E-state index in [0.29, 0.717) is 36.0 Å². The first kappa shape index (κ1) is 24.0. The summed E-state index contributed by atoms with van der Waals surface area (Å²) >= 11 is 0. The molecule has 1 atom stereocenters. The number of nitrogens with zero attached hydrogens (tertiary/aromatic N) is 5. The molecular formula is C21H29F3N8O2. The highest BCUT2D eigenvalue weighted by Gasteiger charge is 2.38. The maximum Gasteiger partial charge on any atom is 0.435 e. The molecule has 0 saturated heterocycles. The minimum Gasteiger partial charge on any atom is -0.373 e. The van der Waals surface area contributed by atoms with Crippen LogP contribution in [0.4, 0.5) is 30.6 Å². The first-order valence-electron chi connectivity index (χ1n) is 11.0. The van der Waals surface area contributed by atoms with Crippen LogP contribution in [0.3, 0.4) is 0 Å². The molecule has 3 heterocycles. The molecular weight excluding hydrogens is 453 g/mol. The molecule has 13 heteroatoms. The molecule has 0 spiro atoms. The topological polar surface area (TPSA) is 109 Å².